The number of aliphatic carboxylic acids is 1. The predicted molar refractivity (Wildman–Crippen MR) is 64.5 cm³/mol. The standard InChI is InChI=1S/C12H22N2O3/c1-4-12(13,5-2)9(15)14-8-6-7-11(14,3)10(16)17/h4-8,13H2,1-3H3,(H,16,17). The van der Waals surface area contributed by atoms with Gasteiger partial charge in [-0.3, -0.25) is 4.79 Å². The van der Waals surface area contributed by atoms with Gasteiger partial charge in [0.15, 0.2) is 0 Å². The summed E-state index contributed by atoms with van der Waals surface area (Å²) in [7, 11) is 0. The van der Waals surface area contributed by atoms with Gasteiger partial charge in [0.05, 0.1) is 5.54 Å². The summed E-state index contributed by atoms with van der Waals surface area (Å²) in [6.45, 7) is 5.80. The third kappa shape index (κ3) is 2.16. The molecule has 0 aromatic rings. The average Bonchev–Trinajstić information content (AvgIpc) is 2.70. The molecule has 1 rings (SSSR count). The molecule has 1 unspecified atom stereocenters. The minimum absolute atomic E-state index is 0.232. The Bertz CT molecular complexity index is 326. The highest BCUT2D eigenvalue weighted by molar-refractivity contribution is 5.92. The van der Waals surface area contributed by atoms with E-state index < -0.39 is 17.0 Å². The molecule has 1 atom stereocenters. The second kappa shape index (κ2) is 4.64. The number of amides is 1. The van der Waals surface area contributed by atoms with Crippen molar-refractivity contribution in [3.8, 4) is 0 Å². The van der Waals surface area contributed by atoms with Gasteiger partial charge in [0.2, 0.25) is 5.91 Å². The first-order chi connectivity index (χ1) is 7.81. The number of carboxylic acids is 1. The largest absolute Gasteiger partial charge is 0.480 e. The fourth-order valence-corrected chi connectivity index (χ4v) is 2.33. The first-order valence-electron chi connectivity index (χ1n) is 6.16. The molecule has 98 valence electrons. The van der Waals surface area contributed by atoms with Crippen LogP contribution in [0.15, 0.2) is 0 Å². The van der Waals surface area contributed by atoms with Crippen LogP contribution in [0.1, 0.15) is 46.5 Å². The van der Waals surface area contributed by atoms with Crippen LogP contribution >= 0.6 is 0 Å². The van der Waals surface area contributed by atoms with E-state index in [1.54, 1.807) is 6.92 Å². The molecule has 0 spiro atoms. The van der Waals surface area contributed by atoms with E-state index in [9.17, 15) is 14.7 Å². The van der Waals surface area contributed by atoms with Gasteiger partial charge in [0.1, 0.15) is 5.54 Å². The van der Waals surface area contributed by atoms with E-state index in [4.69, 9.17) is 5.73 Å². The summed E-state index contributed by atoms with van der Waals surface area (Å²) in [4.78, 5) is 25.1. The van der Waals surface area contributed by atoms with Gasteiger partial charge < -0.3 is 15.7 Å². The van der Waals surface area contributed by atoms with Gasteiger partial charge in [-0.05, 0) is 32.6 Å². The van der Waals surface area contributed by atoms with Crippen LogP contribution in [0, 0.1) is 0 Å². The Morgan fingerprint density at radius 3 is 2.35 bits per heavy atom. The lowest BCUT2D eigenvalue weighted by Crippen LogP contribution is -2.61. The Hall–Kier alpha value is -1.10. The number of carbonyl (C=O) groups excluding carboxylic acids is 1. The average molecular weight is 242 g/mol. The third-order valence-corrected chi connectivity index (χ3v) is 4.03. The van der Waals surface area contributed by atoms with Crippen LogP contribution in [0.2, 0.25) is 0 Å². The third-order valence-electron chi connectivity index (χ3n) is 4.03. The van der Waals surface area contributed by atoms with Crippen LogP contribution in [0.3, 0.4) is 0 Å². The molecule has 1 heterocycles. The van der Waals surface area contributed by atoms with Crippen molar-refractivity contribution >= 4 is 11.9 Å². The number of carboxylic acid groups (broad SMARTS) is 1. The second-order valence-electron chi connectivity index (χ2n) is 5.00. The highest BCUT2D eigenvalue weighted by Gasteiger charge is 2.49. The Labute approximate surface area is 102 Å². The normalized spacial score (nSPS) is 25.1. The Morgan fingerprint density at radius 1 is 1.41 bits per heavy atom. The molecule has 0 aromatic heterocycles. The number of nitrogens with two attached hydrogens (primary N) is 1. The Kier molecular flexibility index (Phi) is 3.81. The van der Waals surface area contributed by atoms with Crippen LogP contribution in [0.4, 0.5) is 0 Å². The highest BCUT2D eigenvalue weighted by atomic mass is 16.4. The lowest BCUT2D eigenvalue weighted by Gasteiger charge is -2.37. The minimum Gasteiger partial charge on any atom is -0.480 e. The van der Waals surface area contributed by atoms with Crippen molar-refractivity contribution in [2.75, 3.05) is 6.54 Å². The maximum atomic E-state index is 12.4. The van der Waals surface area contributed by atoms with Crippen molar-refractivity contribution in [2.24, 2.45) is 5.73 Å². The van der Waals surface area contributed by atoms with Crippen LogP contribution in [0.5, 0.6) is 0 Å². The molecule has 3 N–H and O–H groups in total. The number of likely N-dealkylation sites (tertiary alicyclic amines) is 1. The summed E-state index contributed by atoms with van der Waals surface area (Å²) in [5.74, 6) is -1.18. The summed E-state index contributed by atoms with van der Waals surface area (Å²) >= 11 is 0. The van der Waals surface area contributed by atoms with Crippen LogP contribution in [-0.2, 0) is 9.59 Å². The molecule has 1 fully saturated rings. The monoisotopic (exact) mass is 242 g/mol. The summed E-state index contributed by atoms with van der Waals surface area (Å²) in [6.07, 6.45) is 2.26. The maximum Gasteiger partial charge on any atom is 0.329 e. The van der Waals surface area contributed by atoms with E-state index >= 15 is 0 Å². The van der Waals surface area contributed by atoms with Crippen LogP contribution in [-0.4, -0.2) is 39.5 Å². The van der Waals surface area contributed by atoms with Crippen molar-refractivity contribution in [1.82, 2.24) is 4.90 Å². The quantitative estimate of drug-likeness (QED) is 0.769. The molecule has 5 nitrogen and oxygen atoms in total. The maximum absolute atomic E-state index is 12.4. The fourth-order valence-electron chi connectivity index (χ4n) is 2.33. The number of nitrogens with zero attached hydrogens (tertiary/aromatic N) is 1. The van der Waals surface area contributed by atoms with Crippen molar-refractivity contribution < 1.29 is 14.7 Å². The summed E-state index contributed by atoms with van der Waals surface area (Å²) in [5.41, 5.74) is 4.04. The van der Waals surface area contributed by atoms with Crippen molar-refractivity contribution in [3.05, 3.63) is 0 Å². The summed E-state index contributed by atoms with van der Waals surface area (Å²) < 4.78 is 0. The van der Waals surface area contributed by atoms with Gasteiger partial charge >= 0.3 is 5.97 Å². The number of carbonyl (C=O) groups is 2. The zero-order valence-corrected chi connectivity index (χ0v) is 10.8. The van der Waals surface area contributed by atoms with Crippen LogP contribution < -0.4 is 5.73 Å². The highest BCUT2D eigenvalue weighted by Crippen LogP contribution is 2.32. The van der Waals surface area contributed by atoms with E-state index in [-0.39, 0.29) is 5.91 Å². The van der Waals surface area contributed by atoms with Gasteiger partial charge in [0, 0.05) is 6.54 Å². The van der Waals surface area contributed by atoms with Crippen molar-refractivity contribution in [1.29, 1.82) is 0 Å². The molecule has 1 aliphatic heterocycles. The lowest BCUT2D eigenvalue weighted by atomic mass is 9.90. The fraction of sp³-hybridized carbons (Fsp3) is 0.833. The topological polar surface area (TPSA) is 83.6 Å². The first kappa shape index (κ1) is 14.0. The molecule has 1 saturated heterocycles. The second-order valence-corrected chi connectivity index (χ2v) is 5.00. The predicted octanol–water partition coefficient (Wildman–Crippen LogP) is 0.970. The van der Waals surface area contributed by atoms with Gasteiger partial charge in [-0.25, -0.2) is 4.79 Å². The first-order valence-corrected chi connectivity index (χ1v) is 6.16. The van der Waals surface area contributed by atoms with E-state index in [2.05, 4.69) is 0 Å². The zero-order valence-electron chi connectivity index (χ0n) is 10.8. The van der Waals surface area contributed by atoms with E-state index in [1.165, 1.54) is 4.90 Å². The van der Waals surface area contributed by atoms with Gasteiger partial charge in [0.25, 0.3) is 0 Å². The number of hydrogen-bond acceptors (Lipinski definition) is 3. The van der Waals surface area contributed by atoms with Gasteiger partial charge in [-0.15, -0.1) is 0 Å². The molecule has 1 aliphatic rings. The Balaban J connectivity index is 3.00. The minimum atomic E-state index is -1.09. The van der Waals surface area contributed by atoms with E-state index in [0.717, 1.165) is 6.42 Å². The summed E-state index contributed by atoms with van der Waals surface area (Å²) in [5, 5.41) is 9.27. The molecule has 0 radical (unpaired) electrons. The molecular weight excluding hydrogens is 220 g/mol. The van der Waals surface area contributed by atoms with E-state index in [0.29, 0.717) is 25.8 Å². The molecule has 1 amide bonds. The molecule has 0 aromatic carbocycles. The SMILES string of the molecule is CCC(N)(CC)C(=O)N1CCCC1(C)C(=O)O. The Morgan fingerprint density at radius 2 is 1.94 bits per heavy atom. The molecule has 0 bridgehead atoms. The molecule has 5 heteroatoms. The molecular formula is C12H22N2O3. The van der Waals surface area contributed by atoms with Crippen LogP contribution in [0.25, 0.3) is 0 Å². The molecule has 0 saturated carbocycles. The summed E-state index contributed by atoms with van der Waals surface area (Å²) in [6, 6.07) is 0. The smallest absolute Gasteiger partial charge is 0.329 e. The van der Waals surface area contributed by atoms with Gasteiger partial charge in [-0.2, -0.15) is 0 Å². The van der Waals surface area contributed by atoms with Crippen molar-refractivity contribution in [2.45, 2.75) is 57.5 Å². The molecule has 17 heavy (non-hydrogen) atoms. The van der Waals surface area contributed by atoms with E-state index in [1.807, 2.05) is 13.8 Å². The lowest BCUT2D eigenvalue weighted by molar-refractivity contribution is -0.157. The molecule has 0 aliphatic carbocycles. The zero-order chi connectivity index (χ0) is 13.3. The number of rotatable bonds is 4. The number of hydrogen-bond donors (Lipinski definition) is 2. The van der Waals surface area contributed by atoms with Gasteiger partial charge in [-0.1, -0.05) is 13.8 Å². The van der Waals surface area contributed by atoms with Crippen molar-refractivity contribution in [3.63, 3.8) is 0 Å².